The second-order valence-corrected chi connectivity index (χ2v) is 7.12. The van der Waals surface area contributed by atoms with Gasteiger partial charge in [-0.25, -0.2) is 0 Å². The molecule has 0 atom stereocenters. The third-order valence-corrected chi connectivity index (χ3v) is 4.56. The van der Waals surface area contributed by atoms with E-state index in [1.54, 1.807) is 0 Å². The Kier molecular flexibility index (Phi) is 11.9. The molecule has 0 radical (unpaired) electrons. The minimum Gasteiger partial charge on any atom is -0.0991 e. The van der Waals surface area contributed by atoms with Crippen LogP contribution in [0.2, 0.25) is 0 Å². The molecule has 3 rings (SSSR count). The van der Waals surface area contributed by atoms with E-state index in [0.29, 0.717) is 0 Å². The molecule has 0 N–H and O–H groups in total. The largest absolute Gasteiger partial charge is 0.0991 e. The molecule has 0 heteroatoms. The predicted molar refractivity (Wildman–Crippen MR) is 137 cm³/mol. The van der Waals surface area contributed by atoms with Gasteiger partial charge in [-0.05, 0) is 65.3 Å². The van der Waals surface area contributed by atoms with E-state index < -0.39 is 0 Å². The summed E-state index contributed by atoms with van der Waals surface area (Å²) in [6.07, 6.45) is 8.15. The van der Waals surface area contributed by atoms with Crippen LogP contribution in [0.25, 0.3) is 22.3 Å². The summed E-state index contributed by atoms with van der Waals surface area (Å²) in [6, 6.07) is 24.1. The molecule has 0 amide bonds. The first-order chi connectivity index (χ1) is 14.6. The molecular formula is C30H38. The fourth-order valence-electron chi connectivity index (χ4n) is 3.11. The number of rotatable bonds is 5. The van der Waals surface area contributed by atoms with Crippen LogP contribution < -0.4 is 0 Å². The van der Waals surface area contributed by atoms with Crippen LogP contribution in [0.4, 0.5) is 0 Å². The van der Waals surface area contributed by atoms with E-state index in [0.717, 1.165) is 6.42 Å². The Morgan fingerprint density at radius 2 is 1.30 bits per heavy atom. The molecule has 0 spiro atoms. The number of hydrogen-bond acceptors (Lipinski definition) is 0. The maximum atomic E-state index is 3.73. The molecule has 0 saturated carbocycles. The van der Waals surface area contributed by atoms with Crippen molar-refractivity contribution in [3.8, 4) is 22.3 Å². The summed E-state index contributed by atoms with van der Waals surface area (Å²) in [5, 5.41) is 0. The Morgan fingerprint density at radius 3 is 1.90 bits per heavy atom. The van der Waals surface area contributed by atoms with Gasteiger partial charge in [-0.15, -0.1) is 0 Å². The van der Waals surface area contributed by atoms with Gasteiger partial charge in [0.2, 0.25) is 0 Å². The van der Waals surface area contributed by atoms with Crippen molar-refractivity contribution >= 4 is 0 Å². The zero-order valence-electron chi connectivity index (χ0n) is 19.7. The lowest BCUT2D eigenvalue weighted by Crippen LogP contribution is -1.91. The van der Waals surface area contributed by atoms with Gasteiger partial charge in [0.1, 0.15) is 0 Å². The van der Waals surface area contributed by atoms with Crippen LogP contribution in [-0.4, -0.2) is 0 Å². The summed E-state index contributed by atoms with van der Waals surface area (Å²) in [6.45, 7) is 16.4. The summed E-state index contributed by atoms with van der Waals surface area (Å²) in [5.41, 5.74) is 9.09. The lowest BCUT2D eigenvalue weighted by molar-refractivity contribution is 1.09. The van der Waals surface area contributed by atoms with Crippen molar-refractivity contribution in [2.75, 3.05) is 0 Å². The minimum atomic E-state index is 0.927. The number of aryl methyl sites for hydroxylation is 2. The van der Waals surface area contributed by atoms with Crippen LogP contribution in [0.1, 0.15) is 50.8 Å². The second-order valence-electron chi connectivity index (χ2n) is 7.12. The van der Waals surface area contributed by atoms with Crippen molar-refractivity contribution in [2.45, 2.75) is 54.4 Å². The van der Waals surface area contributed by atoms with Crippen molar-refractivity contribution in [3.05, 3.63) is 108 Å². The van der Waals surface area contributed by atoms with E-state index in [9.17, 15) is 0 Å². The summed E-state index contributed by atoms with van der Waals surface area (Å²) < 4.78 is 0. The molecule has 0 heterocycles. The third kappa shape index (κ3) is 7.52. The van der Waals surface area contributed by atoms with Gasteiger partial charge in [0.15, 0.2) is 0 Å². The quantitative estimate of drug-likeness (QED) is 0.375. The average Bonchev–Trinajstić information content (AvgIpc) is 2.78. The number of allylic oxidation sites excluding steroid dienone is 3. The molecule has 0 nitrogen and oxygen atoms in total. The van der Waals surface area contributed by atoms with Gasteiger partial charge in [0.05, 0.1) is 0 Å². The molecule has 0 aliphatic carbocycles. The molecular weight excluding hydrogens is 360 g/mol. The zero-order valence-corrected chi connectivity index (χ0v) is 19.7. The van der Waals surface area contributed by atoms with Crippen molar-refractivity contribution in [1.82, 2.24) is 0 Å². The standard InChI is InChI=1S/C25H24.C3H8.C2H6/c1-4-5-7-10-21-15-13-19(2)24(17-21)25-18-23(16-14-20(25)3)22-11-8-6-9-12-22;1-3-2;1-2/h4-9,11-18H,1,10H2,2-3H3;3H2,1-2H3;1-2H3/b7-5-;;. The van der Waals surface area contributed by atoms with Gasteiger partial charge in [0.25, 0.3) is 0 Å². The Hall–Kier alpha value is -2.86. The fourth-order valence-corrected chi connectivity index (χ4v) is 3.11. The maximum Gasteiger partial charge on any atom is -0.00941 e. The highest BCUT2D eigenvalue weighted by Crippen LogP contribution is 2.32. The molecule has 158 valence electrons. The lowest BCUT2D eigenvalue weighted by Gasteiger charge is -2.13. The van der Waals surface area contributed by atoms with E-state index in [2.05, 4.69) is 107 Å². The average molecular weight is 399 g/mol. The molecule has 0 saturated heterocycles. The van der Waals surface area contributed by atoms with Crippen molar-refractivity contribution in [3.63, 3.8) is 0 Å². The minimum absolute atomic E-state index is 0.927. The van der Waals surface area contributed by atoms with E-state index in [-0.39, 0.29) is 0 Å². The first kappa shape index (κ1) is 25.2. The van der Waals surface area contributed by atoms with E-state index >= 15 is 0 Å². The Labute approximate surface area is 185 Å². The SMILES string of the molecule is C=C/C=C\Cc1ccc(C)c(-c2cc(-c3ccccc3)ccc2C)c1.CC.CCC. The molecule has 0 aromatic heterocycles. The monoisotopic (exact) mass is 398 g/mol. The molecule has 30 heavy (non-hydrogen) atoms. The second kappa shape index (κ2) is 14.2. The Morgan fingerprint density at radius 1 is 0.733 bits per heavy atom. The highest BCUT2D eigenvalue weighted by Gasteiger charge is 2.08. The maximum absolute atomic E-state index is 3.73. The molecule has 0 unspecified atom stereocenters. The van der Waals surface area contributed by atoms with E-state index in [1.165, 1.54) is 45.4 Å². The number of benzene rings is 3. The van der Waals surface area contributed by atoms with Gasteiger partial charge >= 0.3 is 0 Å². The van der Waals surface area contributed by atoms with Gasteiger partial charge < -0.3 is 0 Å². The highest BCUT2D eigenvalue weighted by atomic mass is 14.1. The summed E-state index contributed by atoms with van der Waals surface area (Å²) >= 11 is 0. The van der Waals surface area contributed by atoms with Gasteiger partial charge in [-0.1, -0.05) is 120 Å². The van der Waals surface area contributed by atoms with E-state index in [1.807, 2.05) is 26.0 Å². The molecule has 0 bridgehead atoms. The van der Waals surface area contributed by atoms with Crippen LogP contribution in [0.5, 0.6) is 0 Å². The summed E-state index contributed by atoms with van der Waals surface area (Å²) in [5.74, 6) is 0. The van der Waals surface area contributed by atoms with Crippen LogP contribution in [0.15, 0.2) is 91.5 Å². The highest BCUT2D eigenvalue weighted by molar-refractivity contribution is 5.77. The Bertz CT molecular complexity index is 914. The zero-order chi connectivity index (χ0) is 22.4. The molecule has 0 aliphatic heterocycles. The Balaban J connectivity index is 0.000000826. The smallest absolute Gasteiger partial charge is 0.00941 e. The third-order valence-electron chi connectivity index (χ3n) is 4.56. The molecule has 0 fully saturated rings. The van der Waals surface area contributed by atoms with Crippen molar-refractivity contribution in [1.29, 1.82) is 0 Å². The van der Waals surface area contributed by atoms with Gasteiger partial charge in [-0.3, -0.25) is 0 Å². The first-order valence-electron chi connectivity index (χ1n) is 11.1. The van der Waals surface area contributed by atoms with Crippen LogP contribution in [0.3, 0.4) is 0 Å². The summed E-state index contributed by atoms with van der Waals surface area (Å²) in [7, 11) is 0. The fraction of sp³-hybridized carbons (Fsp3) is 0.267. The molecule has 3 aromatic carbocycles. The lowest BCUT2D eigenvalue weighted by atomic mass is 9.91. The number of hydrogen-bond donors (Lipinski definition) is 0. The van der Waals surface area contributed by atoms with Gasteiger partial charge in [0, 0.05) is 0 Å². The molecule has 3 aromatic rings. The van der Waals surface area contributed by atoms with Crippen molar-refractivity contribution < 1.29 is 0 Å². The normalized spacial score (nSPS) is 9.93. The first-order valence-corrected chi connectivity index (χ1v) is 11.1. The van der Waals surface area contributed by atoms with Gasteiger partial charge in [-0.2, -0.15) is 0 Å². The van der Waals surface area contributed by atoms with Crippen LogP contribution in [-0.2, 0) is 6.42 Å². The summed E-state index contributed by atoms with van der Waals surface area (Å²) in [4.78, 5) is 0. The topological polar surface area (TPSA) is 0 Å². The predicted octanol–water partition coefficient (Wildman–Crippen LogP) is 9.36. The van der Waals surface area contributed by atoms with Crippen molar-refractivity contribution in [2.24, 2.45) is 0 Å². The van der Waals surface area contributed by atoms with Crippen LogP contribution >= 0.6 is 0 Å². The molecule has 0 aliphatic rings. The van der Waals surface area contributed by atoms with E-state index in [4.69, 9.17) is 0 Å². The van der Waals surface area contributed by atoms with Crippen LogP contribution in [0, 0.1) is 13.8 Å².